The van der Waals surface area contributed by atoms with Crippen molar-refractivity contribution in [3.8, 4) is 0 Å². The van der Waals surface area contributed by atoms with Crippen LogP contribution in [0.5, 0.6) is 0 Å². The highest BCUT2D eigenvalue weighted by atomic mass is 14.5. The van der Waals surface area contributed by atoms with Gasteiger partial charge < -0.3 is 5.73 Å². The molecule has 0 radical (unpaired) electrons. The lowest BCUT2D eigenvalue weighted by atomic mass is 10.00. The molecule has 1 heteroatoms. The summed E-state index contributed by atoms with van der Waals surface area (Å²) in [5, 5.41) is 0. The number of rotatable bonds is 2. The molecule has 0 bridgehead atoms. The van der Waals surface area contributed by atoms with E-state index in [1.165, 1.54) is 11.1 Å². The zero-order valence-electron chi connectivity index (χ0n) is 7.17. The maximum atomic E-state index is 5.55. The maximum absolute atomic E-state index is 5.55. The molecular weight excluding hydrogens is 134 g/mol. The molecule has 0 aliphatic heterocycles. The summed E-state index contributed by atoms with van der Waals surface area (Å²) in [6.45, 7) is 4.98. The highest BCUT2D eigenvalue weighted by Gasteiger charge is 2.01. The lowest BCUT2D eigenvalue weighted by Crippen LogP contribution is -2.08. The van der Waals surface area contributed by atoms with E-state index in [4.69, 9.17) is 5.73 Å². The average Bonchev–Trinajstić information content (AvgIpc) is 2.03. The Hall–Kier alpha value is -0.820. The molecule has 0 fully saturated rings. The fourth-order valence-corrected chi connectivity index (χ4v) is 1.11. The second kappa shape index (κ2) is 3.54. The van der Waals surface area contributed by atoms with Crippen LogP contribution in [0, 0.1) is 6.92 Å². The van der Waals surface area contributed by atoms with Crippen molar-refractivity contribution in [1.29, 1.82) is 0 Å². The van der Waals surface area contributed by atoms with Crippen LogP contribution in [0.1, 0.15) is 24.0 Å². The first-order valence-electron chi connectivity index (χ1n) is 4.00. The topological polar surface area (TPSA) is 26.0 Å². The standard InChI is InChI=1S/C10H15N/c1-8-4-3-5-10(6-8)9(2)7-11/h3-6,9H,7,11H2,1-2H3. The van der Waals surface area contributed by atoms with Gasteiger partial charge in [0.2, 0.25) is 0 Å². The van der Waals surface area contributed by atoms with Gasteiger partial charge in [0, 0.05) is 0 Å². The molecule has 1 atom stereocenters. The summed E-state index contributed by atoms with van der Waals surface area (Å²) in [5.74, 6) is 0.481. The van der Waals surface area contributed by atoms with Crippen LogP contribution < -0.4 is 5.73 Å². The third-order valence-electron chi connectivity index (χ3n) is 1.96. The Morgan fingerprint density at radius 2 is 2.18 bits per heavy atom. The summed E-state index contributed by atoms with van der Waals surface area (Å²) in [6.07, 6.45) is 0. The van der Waals surface area contributed by atoms with Gasteiger partial charge in [-0.05, 0) is 24.9 Å². The molecule has 0 aromatic heterocycles. The summed E-state index contributed by atoms with van der Waals surface area (Å²) in [4.78, 5) is 0. The van der Waals surface area contributed by atoms with Crippen molar-refractivity contribution in [2.24, 2.45) is 5.73 Å². The first-order chi connectivity index (χ1) is 5.24. The van der Waals surface area contributed by atoms with Crippen molar-refractivity contribution in [3.63, 3.8) is 0 Å². The number of aryl methyl sites for hydroxylation is 1. The van der Waals surface area contributed by atoms with E-state index in [2.05, 4.69) is 38.1 Å². The molecule has 1 nitrogen and oxygen atoms in total. The van der Waals surface area contributed by atoms with Gasteiger partial charge >= 0.3 is 0 Å². The Morgan fingerprint density at radius 3 is 2.73 bits per heavy atom. The van der Waals surface area contributed by atoms with Gasteiger partial charge in [-0.25, -0.2) is 0 Å². The molecule has 1 rings (SSSR count). The van der Waals surface area contributed by atoms with Crippen LogP contribution in [-0.4, -0.2) is 6.54 Å². The molecule has 1 aromatic carbocycles. The maximum Gasteiger partial charge on any atom is -0.00109 e. The summed E-state index contributed by atoms with van der Waals surface area (Å²) in [6, 6.07) is 8.51. The van der Waals surface area contributed by atoms with Gasteiger partial charge in [-0.15, -0.1) is 0 Å². The first kappa shape index (κ1) is 8.28. The normalized spacial score (nSPS) is 13.0. The van der Waals surface area contributed by atoms with E-state index in [0.717, 1.165) is 6.54 Å². The van der Waals surface area contributed by atoms with Crippen LogP contribution in [0.25, 0.3) is 0 Å². The minimum Gasteiger partial charge on any atom is -0.330 e. The van der Waals surface area contributed by atoms with Gasteiger partial charge in [0.15, 0.2) is 0 Å². The molecule has 0 spiro atoms. The Kier molecular flexibility index (Phi) is 2.66. The van der Waals surface area contributed by atoms with Gasteiger partial charge in [-0.3, -0.25) is 0 Å². The molecule has 0 aliphatic rings. The van der Waals surface area contributed by atoms with Gasteiger partial charge in [-0.2, -0.15) is 0 Å². The molecule has 0 amide bonds. The predicted octanol–water partition coefficient (Wildman–Crippen LogP) is 2.06. The van der Waals surface area contributed by atoms with E-state index < -0.39 is 0 Å². The smallest absolute Gasteiger partial charge is 0.00109 e. The Labute approximate surface area is 68.2 Å². The number of hydrogen-bond acceptors (Lipinski definition) is 1. The molecule has 60 valence electrons. The van der Waals surface area contributed by atoms with Gasteiger partial charge in [0.25, 0.3) is 0 Å². The van der Waals surface area contributed by atoms with E-state index in [1.54, 1.807) is 0 Å². The van der Waals surface area contributed by atoms with Crippen molar-refractivity contribution in [3.05, 3.63) is 35.4 Å². The van der Waals surface area contributed by atoms with Crippen LogP contribution in [0.2, 0.25) is 0 Å². The molecular formula is C10H15N. The molecule has 1 aromatic rings. The second-order valence-corrected chi connectivity index (χ2v) is 3.05. The van der Waals surface area contributed by atoms with Crippen molar-refractivity contribution >= 4 is 0 Å². The van der Waals surface area contributed by atoms with Crippen molar-refractivity contribution in [2.45, 2.75) is 19.8 Å². The number of benzene rings is 1. The van der Waals surface area contributed by atoms with E-state index in [0.29, 0.717) is 5.92 Å². The summed E-state index contributed by atoms with van der Waals surface area (Å²) < 4.78 is 0. The van der Waals surface area contributed by atoms with Crippen LogP contribution in [0.15, 0.2) is 24.3 Å². The van der Waals surface area contributed by atoms with Gasteiger partial charge in [-0.1, -0.05) is 36.8 Å². The Morgan fingerprint density at radius 1 is 1.45 bits per heavy atom. The molecule has 0 heterocycles. The monoisotopic (exact) mass is 149 g/mol. The van der Waals surface area contributed by atoms with Crippen LogP contribution >= 0.6 is 0 Å². The van der Waals surface area contributed by atoms with Crippen LogP contribution in [-0.2, 0) is 0 Å². The molecule has 1 unspecified atom stereocenters. The van der Waals surface area contributed by atoms with Gasteiger partial charge in [0.1, 0.15) is 0 Å². The minimum atomic E-state index is 0.481. The molecule has 2 N–H and O–H groups in total. The predicted molar refractivity (Wildman–Crippen MR) is 48.6 cm³/mol. The molecule has 11 heavy (non-hydrogen) atoms. The fraction of sp³-hybridized carbons (Fsp3) is 0.400. The Balaban J connectivity index is 2.86. The molecule has 0 aliphatic carbocycles. The second-order valence-electron chi connectivity index (χ2n) is 3.05. The molecule has 0 saturated carbocycles. The van der Waals surface area contributed by atoms with E-state index in [9.17, 15) is 0 Å². The Bertz CT molecular complexity index is 230. The number of hydrogen-bond donors (Lipinski definition) is 1. The highest BCUT2D eigenvalue weighted by molar-refractivity contribution is 5.25. The average molecular weight is 149 g/mol. The van der Waals surface area contributed by atoms with Crippen LogP contribution in [0.3, 0.4) is 0 Å². The largest absolute Gasteiger partial charge is 0.330 e. The van der Waals surface area contributed by atoms with Crippen molar-refractivity contribution in [2.75, 3.05) is 6.54 Å². The highest BCUT2D eigenvalue weighted by Crippen LogP contribution is 2.14. The van der Waals surface area contributed by atoms with Crippen molar-refractivity contribution in [1.82, 2.24) is 0 Å². The lowest BCUT2D eigenvalue weighted by molar-refractivity contribution is 0.773. The zero-order chi connectivity index (χ0) is 8.27. The molecule has 0 saturated heterocycles. The summed E-state index contributed by atoms with van der Waals surface area (Å²) in [7, 11) is 0. The van der Waals surface area contributed by atoms with E-state index in [-0.39, 0.29) is 0 Å². The lowest BCUT2D eigenvalue weighted by Gasteiger charge is -2.08. The van der Waals surface area contributed by atoms with Crippen molar-refractivity contribution < 1.29 is 0 Å². The minimum absolute atomic E-state index is 0.481. The number of nitrogens with two attached hydrogens (primary N) is 1. The van der Waals surface area contributed by atoms with Gasteiger partial charge in [0.05, 0.1) is 0 Å². The quantitative estimate of drug-likeness (QED) is 0.684. The van der Waals surface area contributed by atoms with Crippen LogP contribution in [0.4, 0.5) is 0 Å². The third kappa shape index (κ3) is 2.05. The van der Waals surface area contributed by atoms with E-state index in [1.807, 2.05) is 0 Å². The summed E-state index contributed by atoms with van der Waals surface area (Å²) >= 11 is 0. The SMILES string of the molecule is Cc1cccc(C(C)CN)c1. The zero-order valence-corrected chi connectivity index (χ0v) is 7.17. The third-order valence-corrected chi connectivity index (χ3v) is 1.96. The summed E-state index contributed by atoms with van der Waals surface area (Å²) in [5.41, 5.74) is 8.20. The first-order valence-corrected chi connectivity index (χ1v) is 4.00. The van der Waals surface area contributed by atoms with E-state index >= 15 is 0 Å². The fourth-order valence-electron chi connectivity index (χ4n) is 1.11.